The molecular formula is C21H21NO2. The van der Waals surface area contributed by atoms with Crippen molar-refractivity contribution in [3.05, 3.63) is 48.0 Å². The molecule has 5 rings (SSSR count). The Labute approximate surface area is 140 Å². The molecule has 2 aromatic carbocycles. The molecule has 2 fully saturated rings. The lowest BCUT2D eigenvalue weighted by Crippen LogP contribution is -2.42. The second kappa shape index (κ2) is 4.85. The van der Waals surface area contributed by atoms with E-state index in [0.717, 1.165) is 37.3 Å². The number of hydrogen-bond acceptors (Lipinski definition) is 1. The number of rotatable bonds is 4. The fourth-order valence-electron chi connectivity index (χ4n) is 4.26. The zero-order valence-corrected chi connectivity index (χ0v) is 13.7. The Hall–Kier alpha value is -2.29. The summed E-state index contributed by atoms with van der Waals surface area (Å²) in [5.41, 5.74) is 2.83. The molecule has 3 heteroatoms. The topological polar surface area (TPSA) is 42.2 Å². The van der Waals surface area contributed by atoms with Crippen LogP contribution in [0.2, 0.25) is 0 Å². The maximum absolute atomic E-state index is 11.9. The molecule has 0 unspecified atom stereocenters. The third-order valence-corrected chi connectivity index (χ3v) is 6.08. The van der Waals surface area contributed by atoms with Crippen LogP contribution in [-0.2, 0) is 16.8 Å². The fourth-order valence-corrected chi connectivity index (χ4v) is 4.26. The predicted octanol–water partition coefficient (Wildman–Crippen LogP) is 4.71. The minimum atomic E-state index is -0.671. The van der Waals surface area contributed by atoms with Crippen LogP contribution in [0.3, 0.4) is 0 Å². The summed E-state index contributed by atoms with van der Waals surface area (Å²) in [7, 11) is 0. The lowest BCUT2D eigenvalue weighted by atomic mass is 9.64. The minimum absolute atomic E-state index is 0.659. The largest absolute Gasteiger partial charge is 0.481 e. The maximum atomic E-state index is 11.9. The van der Waals surface area contributed by atoms with Gasteiger partial charge in [-0.2, -0.15) is 0 Å². The molecule has 0 atom stereocenters. The Morgan fingerprint density at radius 3 is 2.50 bits per heavy atom. The highest BCUT2D eigenvalue weighted by Crippen LogP contribution is 2.45. The van der Waals surface area contributed by atoms with Gasteiger partial charge >= 0.3 is 5.97 Å². The number of carboxylic acid groups (broad SMARTS) is 1. The molecule has 24 heavy (non-hydrogen) atoms. The molecule has 0 bridgehead atoms. The van der Waals surface area contributed by atoms with Gasteiger partial charge in [-0.05, 0) is 55.4 Å². The molecule has 0 saturated heterocycles. The molecular weight excluding hydrogens is 298 g/mol. The highest BCUT2D eigenvalue weighted by molar-refractivity contribution is 6.08. The van der Waals surface area contributed by atoms with Crippen LogP contribution in [0.1, 0.15) is 37.7 Å². The summed E-state index contributed by atoms with van der Waals surface area (Å²) >= 11 is 0. The first-order chi connectivity index (χ1) is 11.7. The Kier molecular flexibility index (Phi) is 2.85. The number of carbonyl (C=O) groups is 1. The second-order valence-corrected chi connectivity index (χ2v) is 7.54. The molecule has 0 aliphatic heterocycles. The van der Waals surface area contributed by atoms with Crippen molar-refractivity contribution in [2.24, 2.45) is 5.92 Å². The SMILES string of the molecule is O=C(O)C1(c2ccc3c(c2)c2ccccc2n3CC2CC2)CCC1. The molecule has 1 aromatic heterocycles. The summed E-state index contributed by atoms with van der Waals surface area (Å²) in [6.45, 7) is 1.08. The lowest BCUT2D eigenvalue weighted by Gasteiger charge is -2.38. The van der Waals surface area contributed by atoms with Gasteiger partial charge in [-0.3, -0.25) is 4.79 Å². The van der Waals surface area contributed by atoms with Gasteiger partial charge in [0.2, 0.25) is 0 Å². The summed E-state index contributed by atoms with van der Waals surface area (Å²) in [6.07, 6.45) is 5.18. The Morgan fingerprint density at radius 2 is 1.83 bits per heavy atom. The van der Waals surface area contributed by atoms with E-state index in [9.17, 15) is 9.90 Å². The summed E-state index contributed by atoms with van der Waals surface area (Å²) < 4.78 is 2.43. The molecule has 3 nitrogen and oxygen atoms in total. The van der Waals surface area contributed by atoms with Crippen LogP contribution < -0.4 is 0 Å². The van der Waals surface area contributed by atoms with Gasteiger partial charge < -0.3 is 9.67 Å². The van der Waals surface area contributed by atoms with Crippen LogP contribution in [0.5, 0.6) is 0 Å². The summed E-state index contributed by atoms with van der Waals surface area (Å²) in [4.78, 5) is 11.9. The fraction of sp³-hybridized carbons (Fsp3) is 0.381. The Morgan fingerprint density at radius 1 is 1.08 bits per heavy atom. The zero-order chi connectivity index (χ0) is 16.3. The van der Waals surface area contributed by atoms with Crippen LogP contribution in [-0.4, -0.2) is 15.6 Å². The van der Waals surface area contributed by atoms with Crippen LogP contribution in [0.4, 0.5) is 0 Å². The van der Waals surface area contributed by atoms with Gasteiger partial charge in [-0.15, -0.1) is 0 Å². The highest BCUT2D eigenvalue weighted by Gasteiger charge is 2.46. The zero-order valence-electron chi connectivity index (χ0n) is 13.7. The molecule has 0 radical (unpaired) electrons. The number of benzene rings is 2. The molecule has 0 amide bonds. The van der Waals surface area contributed by atoms with E-state index in [1.807, 2.05) is 0 Å². The Bertz CT molecular complexity index is 961. The average Bonchev–Trinajstić information content (AvgIpc) is 3.30. The number of fused-ring (bicyclic) bond motifs is 3. The van der Waals surface area contributed by atoms with Crippen molar-refractivity contribution in [1.29, 1.82) is 0 Å². The van der Waals surface area contributed by atoms with Gasteiger partial charge in [0, 0.05) is 28.4 Å². The average molecular weight is 319 g/mol. The van der Waals surface area contributed by atoms with Crippen LogP contribution in [0, 0.1) is 5.92 Å². The number of nitrogens with zero attached hydrogens (tertiary/aromatic N) is 1. The van der Waals surface area contributed by atoms with Crippen molar-refractivity contribution in [3.8, 4) is 0 Å². The van der Waals surface area contributed by atoms with Gasteiger partial charge in [0.1, 0.15) is 0 Å². The molecule has 1 heterocycles. The van der Waals surface area contributed by atoms with Crippen molar-refractivity contribution < 1.29 is 9.90 Å². The minimum Gasteiger partial charge on any atom is -0.481 e. The Balaban J connectivity index is 1.75. The number of carboxylic acids is 1. The van der Waals surface area contributed by atoms with E-state index in [0.29, 0.717) is 0 Å². The summed E-state index contributed by atoms with van der Waals surface area (Å²) in [6, 6.07) is 14.9. The first-order valence-electron chi connectivity index (χ1n) is 8.94. The van der Waals surface area contributed by atoms with Crippen molar-refractivity contribution in [1.82, 2.24) is 4.57 Å². The van der Waals surface area contributed by atoms with E-state index in [4.69, 9.17) is 0 Å². The summed E-state index contributed by atoms with van der Waals surface area (Å²) in [5, 5.41) is 12.2. The van der Waals surface area contributed by atoms with E-state index in [-0.39, 0.29) is 0 Å². The van der Waals surface area contributed by atoms with E-state index >= 15 is 0 Å². The number of hydrogen-bond donors (Lipinski definition) is 1. The van der Waals surface area contributed by atoms with Gasteiger partial charge in [-0.25, -0.2) is 0 Å². The number of aromatic nitrogens is 1. The van der Waals surface area contributed by atoms with E-state index in [2.05, 4.69) is 47.0 Å². The van der Waals surface area contributed by atoms with Crippen LogP contribution in [0.15, 0.2) is 42.5 Å². The van der Waals surface area contributed by atoms with Gasteiger partial charge in [-0.1, -0.05) is 30.7 Å². The third-order valence-electron chi connectivity index (χ3n) is 6.08. The first-order valence-corrected chi connectivity index (χ1v) is 8.94. The molecule has 2 aliphatic rings. The van der Waals surface area contributed by atoms with Crippen LogP contribution in [0.25, 0.3) is 21.8 Å². The third kappa shape index (κ3) is 1.87. The highest BCUT2D eigenvalue weighted by atomic mass is 16.4. The van der Waals surface area contributed by atoms with Crippen molar-refractivity contribution in [2.75, 3.05) is 0 Å². The monoisotopic (exact) mass is 319 g/mol. The molecule has 2 aliphatic carbocycles. The van der Waals surface area contributed by atoms with E-state index in [1.165, 1.54) is 34.6 Å². The molecule has 122 valence electrons. The predicted molar refractivity (Wildman–Crippen MR) is 95.3 cm³/mol. The molecule has 0 spiro atoms. The molecule has 3 aromatic rings. The maximum Gasteiger partial charge on any atom is 0.314 e. The van der Waals surface area contributed by atoms with Gasteiger partial charge in [0.15, 0.2) is 0 Å². The van der Waals surface area contributed by atoms with E-state index < -0.39 is 11.4 Å². The molecule has 2 saturated carbocycles. The standard InChI is InChI=1S/C21H21NO2/c23-20(24)21(10-3-11-21)15-8-9-19-17(12-15)16-4-1-2-5-18(16)22(19)13-14-6-7-14/h1-2,4-5,8-9,12,14H,3,6-7,10-11,13H2,(H,23,24). The van der Waals surface area contributed by atoms with Crippen molar-refractivity contribution in [2.45, 2.75) is 44.1 Å². The van der Waals surface area contributed by atoms with Gasteiger partial charge in [0.25, 0.3) is 0 Å². The lowest BCUT2D eigenvalue weighted by molar-refractivity contribution is -0.147. The second-order valence-electron chi connectivity index (χ2n) is 7.54. The van der Waals surface area contributed by atoms with E-state index in [1.54, 1.807) is 0 Å². The van der Waals surface area contributed by atoms with Crippen molar-refractivity contribution in [3.63, 3.8) is 0 Å². The van der Waals surface area contributed by atoms with Crippen molar-refractivity contribution >= 4 is 27.8 Å². The first kappa shape index (κ1) is 14.1. The number of para-hydroxylation sites is 1. The van der Waals surface area contributed by atoms with Crippen LogP contribution >= 0.6 is 0 Å². The van der Waals surface area contributed by atoms with Gasteiger partial charge in [0.05, 0.1) is 5.41 Å². The number of aliphatic carboxylic acids is 1. The summed E-state index contributed by atoms with van der Waals surface area (Å²) in [5.74, 6) is 0.135. The smallest absolute Gasteiger partial charge is 0.314 e. The molecule has 1 N–H and O–H groups in total. The normalized spacial score (nSPS) is 19.5. The quantitative estimate of drug-likeness (QED) is 0.756.